The van der Waals surface area contributed by atoms with Crippen molar-refractivity contribution in [2.24, 2.45) is 0 Å². The van der Waals surface area contributed by atoms with Crippen LogP contribution >= 0.6 is 11.8 Å². The number of hydrogen-bond donors (Lipinski definition) is 0. The maximum absolute atomic E-state index is 12.9. The van der Waals surface area contributed by atoms with E-state index in [1.165, 1.54) is 0 Å². The Morgan fingerprint density at radius 3 is 2.29 bits per heavy atom. The molecule has 1 atom stereocenters. The normalized spacial score (nSPS) is 11.7. The summed E-state index contributed by atoms with van der Waals surface area (Å²) < 4.78 is 10.9. The molecule has 3 aromatic carbocycles. The molecule has 0 radical (unpaired) electrons. The van der Waals surface area contributed by atoms with Gasteiger partial charge in [0, 0.05) is 17.2 Å². The summed E-state index contributed by atoms with van der Waals surface area (Å²) >= 11 is 1.62. The fourth-order valence-electron chi connectivity index (χ4n) is 2.95. The summed E-state index contributed by atoms with van der Waals surface area (Å²) in [6.07, 6.45) is 0.401. The van der Waals surface area contributed by atoms with E-state index in [1.807, 2.05) is 67.6 Å². The van der Waals surface area contributed by atoms with E-state index in [0.29, 0.717) is 6.42 Å². The zero-order valence-electron chi connectivity index (χ0n) is 16.3. The molecule has 0 N–H and O–H groups in total. The van der Waals surface area contributed by atoms with Crippen LogP contribution in [0.3, 0.4) is 0 Å². The molecule has 0 aromatic heterocycles. The predicted octanol–water partition coefficient (Wildman–Crippen LogP) is 6.12. The molecule has 28 heavy (non-hydrogen) atoms. The Labute approximate surface area is 170 Å². The van der Waals surface area contributed by atoms with Gasteiger partial charge in [0.1, 0.15) is 11.5 Å². The largest absolute Gasteiger partial charge is 0.497 e. The minimum Gasteiger partial charge on any atom is -0.497 e. The molecule has 0 heterocycles. The highest BCUT2D eigenvalue weighted by Gasteiger charge is 2.20. The van der Waals surface area contributed by atoms with Crippen molar-refractivity contribution in [3.05, 3.63) is 89.5 Å². The van der Waals surface area contributed by atoms with E-state index in [-0.39, 0.29) is 11.0 Å². The molecule has 4 heteroatoms. The summed E-state index contributed by atoms with van der Waals surface area (Å²) in [7, 11) is 3.30. The average Bonchev–Trinajstić information content (AvgIpc) is 2.74. The van der Waals surface area contributed by atoms with Gasteiger partial charge in [-0.15, -0.1) is 11.8 Å². The molecule has 144 valence electrons. The molecule has 3 rings (SSSR count). The second kappa shape index (κ2) is 9.47. The van der Waals surface area contributed by atoms with Crippen LogP contribution in [-0.4, -0.2) is 20.0 Å². The molecule has 0 amide bonds. The number of Topliss-reactive ketones (excluding diaryl/α,β-unsaturated/α-hetero) is 1. The molecule has 0 aliphatic rings. The van der Waals surface area contributed by atoms with Crippen molar-refractivity contribution in [3.8, 4) is 11.5 Å². The fraction of sp³-hybridized carbons (Fsp3) is 0.208. The van der Waals surface area contributed by atoms with E-state index < -0.39 is 0 Å². The average molecular weight is 393 g/mol. The van der Waals surface area contributed by atoms with Crippen LogP contribution in [0.15, 0.2) is 77.7 Å². The van der Waals surface area contributed by atoms with E-state index in [4.69, 9.17) is 9.47 Å². The predicted molar refractivity (Wildman–Crippen MR) is 115 cm³/mol. The standard InChI is InChI=1S/C24H24O3S/c1-17-9-11-18(12-10-17)21(25)16-23(19-7-5-4-6-8-19)28-24-15-20(26-2)13-14-22(24)27-3/h4-15,23H,16H2,1-3H3/t23-/m0/s1. The lowest BCUT2D eigenvalue weighted by Crippen LogP contribution is -2.06. The molecular formula is C24H24O3S. The first-order chi connectivity index (χ1) is 13.6. The highest BCUT2D eigenvalue weighted by atomic mass is 32.2. The molecular weight excluding hydrogens is 368 g/mol. The van der Waals surface area contributed by atoms with Crippen LogP contribution in [0.25, 0.3) is 0 Å². The molecule has 0 saturated heterocycles. The zero-order chi connectivity index (χ0) is 19.9. The van der Waals surface area contributed by atoms with Gasteiger partial charge in [0.25, 0.3) is 0 Å². The van der Waals surface area contributed by atoms with Gasteiger partial charge in [-0.25, -0.2) is 0 Å². The van der Waals surface area contributed by atoms with Crippen LogP contribution in [0.1, 0.15) is 33.2 Å². The number of methoxy groups -OCH3 is 2. The number of benzene rings is 3. The lowest BCUT2D eigenvalue weighted by atomic mass is 10.0. The van der Waals surface area contributed by atoms with Gasteiger partial charge in [-0.2, -0.15) is 0 Å². The summed E-state index contributed by atoms with van der Waals surface area (Å²) in [5, 5.41) is -0.0315. The summed E-state index contributed by atoms with van der Waals surface area (Å²) in [4.78, 5) is 13.9. The van der Waals surface area contributed by atoms with Crippen molar-refractivity contribution in [2.45, 2.75) is 23.5 Å². The van der Waals surface area contributed by atoms with E-state index in [9.17, 15) is 4.79 Å². The minimum absolute atomic E-state index is 0.0315. The van der Waals surface area contributed by atoms with E-state index in [0.717, 1.165) is 33.1 Å². The van der Waals surface area contributed by atoms with Gasteiger partial charge >= 0.3 is 0 Å². The highest BCUT2D eigenvalue weighted by molar-refractivity contribution is 7.99. The smallest absolute Gasteiger partial charge is 0.164 e. The van der Waals surface area contributed by atoms with Crippen molar-refractivity contribution in [2.75, 3.05) is 14.2 Å². The quantitative estimate of drug-likeness (QED) is 0.342. The molecule has 0 aliphatic heterocycles. The van der Waals surface area contributed by atoms with Crippen molar-refractivity contribution < 1.29 is 14.3 Å². The Bertz CT molecular complexity index is 920. The van der Waals surface area contributed by atoms with Gasteiger partial charge in [-0.05, 0) is 30.7 Å². The first kappa shape index (κ1) is 20.0. The molecule has 0 unspecified atom stereocenters. The number of aryl methyl sites for hydroxylation is 1. The van der Waals surface area contributed by atoms with E-state index in [1.54, 1.807) is 26.0 Å². The Kier molecular flexibility index (Phi) is 6.77. The fourth-order valence-corrected chi connectivity index (χ4v) is 4.24. The highest BCUT2D eigenvalue weighted by Crippen LogP contribution is 2.43. The number of thioether (sulfide) groups is 1. The lowest BCUT2D eigenvalue weighted by Gasteiger charge is -2.19. The second-order valence-corrected chi connectivity index (χ2v) is 7.77. The van der Waals surface area contributed by atoms with Crippen LogP contribution in [0.5, 0.6) is 11.5 Å². The third-order valence-electron chi connectivity index (χ3n) is 4.56. The maximum atomic E-state index is 12.9. The third-order valence-corrected chi connectivity index (χ3v) is 5.85. The Morgan fingerprint density at radius 2 is 1.64 bits per heavy atom. The van der Waals surface area contributed by atoms with Gasteiger partial charge in [-0.1, -0.05) is 60.2 Å². The minimum atomic E-state index is -0.0315. The molecule has 0 saturated carbocycles. The Hall–Kier alpha value is -2.72. The monoisotopic (exact) mass is 392 g/mol. The molecule has 0 bridgehead atoms. The first-order valence-corrected chi connectivity index (χ1v) is 10.0. The molecule has 0 aliphatic carbocycles. The zero-order valence-corrected chi connectivity index (χ0v) is 17.2. The van der Waals surface area contributed by atoms with Gasteiger partial charge in [0.15, 0.2) is 5.78 Å². The van der Waals surface area contributed by atoms with E-state index in [2.05, 4.69) is 12.1 Å². The molecule has 0 fully saturated rings. The van der Waals surface area contributed by atoms with Crippen LogP contribution in [0, 0.1) is 6.92 Å². The van der Waals surface area contributed by atoms with Gasteiger partial charge in [0.05, 0.1) is 19.1 Å². The SMILES string of the molecule is COc1ccc(OC)c(S[C@@H](CC(=O)c2ccc(C)cc2)c2ccccc2)c1. The van der Waals surface area contributed by atoms with Crippen molar-refractivity contribution in [1.29, 1.82) is 0 Å². The lowest BCUT2D eigenvalue weighted by molar-refractivity contribution is 0.0982. The number of ketones is 1. The Morgan fingerprint density at radius 1 is 0.929 bits per heavy atom. The first-order valence-electron chi connectivity index (χ1n) is 9.14. The van der Waals surface area contributed by atoms with E-state index >= 15 is 0 Å². The summed E-state index contributed by atoms with van der Waals surface area (Å²) in [6, 6.07) is 23.6. The second-order valence-electron chi connectivity index (χ2n) is 6.53. The number of ether oxygens (including phenoxy) is 2. The maximum Gasteiger partial charge on any atom is 0.164 e. The van der Waals surface area contributed by atoms with Crippen molar-refractivity contribution in [1.82, 2.24) is 0 Å². The van der Waals surface area contributed by atoms with Crippen LogP contribution in [0.4, 0.5) is 0 Å². The van der Waals surface area contributed by atoms with Crippen LogP contribution < -0.4 is 9.47 Å². The van der Waals surface area contributed by atoms with Crippen molar-refractivity contribution >= 4 is 17.5 Å². The molecule has 3 aromatic rings. The number of carbonyl (C=O) groups excluding carboxylic acids is 1. The number of rotatable bonds is 8. The van der Waals surface area contributed by atoms with Gasteiger partial charge in [-0.3, -0.25) is 4.79 Å². The summed E-state index contributed by atoms with van der Waals surface area (Å²) in [5.41, 5.74) is 2.99. The summed E-state index contributed by atoms with van der Waals surface area (Å²) in [6.45, 7) is 2.02. The third kappa shape index (κ3) is 4.96. The van der Waals surface area contributed by atoms with Gasteiger partial charge in [0.2, 0.25) is 0 Å². The number of hydrogen-bond acceptors (Lipinski definition) is 4. The van der Waals surface area contributed by atoms with Crippen molar-refractivity contribution in [3.63, 3.8) is 0 Å². The van der Waals surface area contributed by atoms with Crippen LogP contribution in [0.2, 0.25) is 0 Å². The Balaban J connectivity index is 1.90. The molecule has 3 nitrogen and oxygen atoms in total. The number of carbonyl (C=O) groups is 1. The topological polar surface area (TPSA) is 35.5 Å². The molecule has 0 spiro atoms. The van der Waals surface area contributed by atoms with Crippen LogP contribution in [-0.2, 0) is 0 Å². The summed E-state index contributed by atoms with van der Waals surface area (Å²) in [5.74, 6) is 1.66. The van der Waals surface area contributed by atoms with Gasteiger partial charge < -0.3 is 9.47 Å².